The van der Waals surface area contributed by atoms with Crippen LogP contribution in [0.1, 0.15) is 18.1 Å². The molecule has 0 spiro atoms. The Morgan fingerprint density at radius 2 is 1.71 bits per heavy atom. The van der Waals surface area contributed by atoms with Gasteiger partial charge in [-0.25, -0.2) is 0 Å². The highest BCUT2D eigenvalue weighted by molar-refractivity contribution is 5.63. The molecule has 2 heterocycles. The van der Waals surface area contributed by atoms with E-state index < -0.39 is 0 Å². The van der Waals surface area contributed by atoms with Crippen molar-refractivity contribution in [3.63, 3.8) is 0 Å². The zero-order valence-electron chi connectivity index (χ0n) is 13.4. The van der Waals surface area contributed by atoms with Crippen LogP contribution in [-0.4, -0.2) is 6.79 Å². The van der Waals surface area contributed by atoms with Gasteiger partial charge in [0, 0.05) is 13.1 Å². The maximum Gasteiger partial charge on any atom is 0.231 e. The third kappa shape index (κ3) is 2.83. The van der Waals surface area contributed by atoms with Gasteiger partial charge in [-0.1, -0.05) is 12.1 Å². The monoisotopic (exact) mass is 325 g/mol. The topological polar surface area (TPSA) is 77.8 Å². The van der Waals surface area contributed by atoms with Crippen molar-refractivity contribution in [1.82, 2.24) is 5.32 Å². The van der Waals surface area contributed by atoms with Crippen LogP contribution in [0.4, 0.5) is 5.69 Å². The summed E-state index contributed by atoms with van der Waals surface area (Å²) in [5.74, 6) is 3.65. The molecule has 2 aromatic carbocycles. The Balaban J connectivity index is 1.38. The zero-order chi connectivity index (χ0) is 16.5. The maximum atomic E-state index is 5.87. The number of allylic oxidation sites excluding steroid dienone is 1. The van der Waals surface area contributed by atoms with Crippen LogP contribution in [0.2, 0.25) is 0 Å². The molecule has 0 radical (unpaired) electrons. The molecule has 0 saturated carbocycles. The summed E-state index contributed by atoms with van der Waals surface area (Å²) in [6.07, 6.45) is 0. The predicted molar refractivity (Wildman–Crippen MR) is 90.7 cm³/mol. The van der Waals surface area contributed by atoms with Gasteiger partial charge in [-0.3, -0.25) is 0 Å². The van der Waals surface area contributed by atoms with Gasteiger partial charge in [0.25, 0.3) is 0 Å². The fourth-order valence-electron chi connectivity index (χ4n) is 2.73. The van der Waals surface area contributed by atoms with Crippen molar-refractivity contribution in [1.29, 1.82) is 0 Å². The number of hydrogen-bond donors (Lipinski definition) is 3. The molecule has 0 saturated heterocycles. The Labute approximate surface area is 140 Å². The minimum atomic E-state index is 0.299. The molecule has 0 bridgehead atoms. The molecule has 0 aromatic heterocycles. The van der Waals surface area contributed by atoms with Gasteiger partial charge in [-0.05, 0) is 42.3 Å². The first-order valence-corrected chi connectivity index (χ1v) is 7.82. The molecular formula is C18H19N3O3. The Morgan fingerprint density at radius 3 is 2.54 bits per heavy atom. The number of fused-ring (bicyclic) bond motifs is 2. The number of hydrogen-bond acceptors (Lipinski definition) is 6. The van der Waals surface area contributed by atoms with Gasteiger partial charge >= 0.3 is 0 Å². The Kier molecular flexibility index (Phi) is 3.66. The van der Waals surface area contributed by atoms with E-state index in [4.69, 9.17) is 19.9 Å². The molecule has 0 fully saturated rings. The number of benzene rings is 2. The van der Waals surface area contributed by atoms with Crippen LogP contribution >= 0.6 is 0 Å². The van der Waals surface area contributed by atoms with E-state index >= 15 is 0 Å². The molecular weight excluding hydrogens is 306 g/mol. The summed E-state index contributed by atoms with van der Waals surface area (Å²) >= 11 is 0. The Bertz CT molecular complexity index is 817. The third-order valence-corrected chi connectivity index (χ3v) is 4.05. The second kappa shape index (κ2) is 5.98. The first-order chi connectivity index (χ1) is 11.7. The van der Waals surface area contributed by atoms with Crippen molar-refractivity contribution < 1.29 is 14.2 Å². The van der Waals surface area contributed by atoms with Gasteiger partial charge in [-0.15, -0.1) is 0 Å². The molecule has 0 atom stereocenters. The molecule has 124 valence electrons. The number of anilines is 1. The largest absolute Gasteiger partial charge is 0.456 e. The third-order valence-electron chi connectivity index (χ3n) is 4.05. The fraction of sp³-hybridized carbons (Fsp3) is 0.222. The lowest BCUT2D eigenvalue weighted by atomic mass is 10.1. The van der Waals surface area contributed by atoms with Crippen LogP contribution in [-0.2, 0) is 13.1 Å². The highest BCUT2D eigenvalue weighted by Crippen LogP contribution is 2.33. The molecule has 2 aliphatic heterocycles. The van der Waals surface area contributed by atoms with E-state index in [0.29, 0.717) is 18.4 Å². The normalized spacial score (nSPS) is 14.9. The van der Waals surface area contributed by atoms with Gasteiger partial charge in [0.15, 0.2) is 17.2 Å². The van der Waals surface area contributed by atoms with E-state index in [0.717, 1.165) is 47.2 Å². The highest BCUT2D eigenvalue weighted by Gasteiger charge is 2.15. The van der Waals surface area contributed by atoms with E-state index in [1.54, 1.807) is 0 Å². The van der Waals surface area contributed by atoms with Crippen molar-refractivity contribution >= 4 is 5.69 Å². The molecule has 0 amide bonds. The van der Waals surface area contributed by atoms with Crippen molar-refractivity contribution in [2.24, 2.45) is 5.73 Å². The second-order valence-corrected chi connectivity index (χ2v) is 5.82. The van der Waals surface area contributed by atoms with Crippen molar-refractivity contribution in [2.45, 2.75) is 20.0 Å². The number of nitrogens with one attached hydrogen (secondary N) is 2. The van der Waals surface area contributed by atoms with Gasteiger partial charge in [0.05, 0.1) is 5.69 Å². The molecule has 2 aliphatic rings. The van der Waals surface area contributed by atoms with Crippen LogP contribution < -0.4 is 30.6 Å². The Hall–Kier alpha value is -2.86. The lowest BCUT2D eigenvalue weighted by Gasteiger charge is -2.21. The predicted octanol–water partition coefficient (Wildman–Crippen LogP) is 2.66. The van der Waals surface area contributed by atoms with Gasteiger partial charge < -0.3 is 30.6 Å². The number of rotatable bonds is 4. The van der Waals surface area contributed by atoms with Crippen molar-refractivity contribution in [3.05, 3.63) is 59.1 Å². The summed E-state index contributed by atoms with van der Waals surface area (Å²) in [5, 5.41) is 6.59. The van der Waals surface area contributed by atoms with E-state index in [2.05, 4.69) is 10.6 Å². The van der Waals surface area contributed by atoms with E-state index in [1.807, 2.05) is 43.3 Å². The highest BCUT2D eigenvalue weighted by atomic mass is 16.7. The van der Waals surface area contributed by atoms with Gasteiger partial charge in [0.2, 0.25) is 6.79 Å². The van der Waals surface area contributed by atoms with Crippen LogP contribution in [0.3, 0.4) is 0 Å². The van der Waals surface area contributed by atoms with E-state index in [1.165, 1.54) is 0 Å². The summed E-state index contributed by atoms with van der Waals surface area (Å²) in [5.41, 5.74) is 9.06. The maximum absolute atomic E-state index is 5.87. The molecule has 2 aromatic rings. The summed E-state index contributed by atoms with van der Waals surface area (Å²) in [7, 11) is 0. The average molecular weight is 325 g/mol. The summed E-state index contributed by atoms with van der Waals surface area (Å²) < 4.78 is 16.4. The van der Waals surface area contributed by atoms with Crippen molar-refractivity contribution in [3.8, 4) is 17.2 Å². The van der Waals surface area contributed by atoms with Gasteiger partial charge in [0.1, 0.15) is 11.6 Å². The lowest BCUT2D eigenvalue weighted by molar-refractivity contribution is 0.174. The molecule has 24 heavy (non-hydrogen) atoms. The first-order valence-electron chi connectivity index (χ1n) is 7.82. The van der Waals surface area contributed by atoms with Crippen LogP contribution in [0.15, 0.2) is 48.0 Å². The molecule has 0 unspecified atom stereocenters. The zero-order valence-corrected chi connectivity index (χ0v) is 13.4. The molecule has 6 nitrogen and oxygen atoms in total. The van der Waals surface area contributed by atoms with E-state index in [-0.39, 0.29) is 0 Å². The van der Waals surface area contributed by atoms with Crippen LogP contribution in [0.25, 0.3) is 0 Å². The molecule has 6 heteroatoms. The quantitative estimate of drug-likeness (QED) is 0.802. The standard InChI is InChI=1S/C18H19N3O3/c1-11-18(19)21-14-6-12(2-4-15(14)24-11)8-20-9-13-3-5-16-17(7-13)23-10-22-16/h2-7,20-21H,8-10,19H2,1H3. The van der Waals surface area contributed by atoms with E-state index in [9.17, 15) is 0 Å². The molecule has 0 aliphatic carbocycles. The fourth-order valence-corrected chi connectivity index (χ4v) is 2.73. The van der Waals surface area contributed by atoms with Gasteiger partial charge in [-0.2, -0.15) is 0 Å². The average Bonchev–Trinajstić information content (AvgIpc) is 3.04. The molecule has 4 rings (SSSR count). The minimum Gasteiger partial charge on any atom is -0.456 e. The van der Waals surface area contributed by atoms with Crippen molar-refractivity contribution in [2.75, 3.05) is 12.1 Å². The second-order valence-electron chi connectivity index (χ2n) is 5.82. The minimum absolute atomic E-state index is 0.299. The SMILES string of the molecule is CC1=C(N)Nc2cc(CNCc3ccc4c(c3)OCO4)ccc2O1. The smallest absolute Gasteiger partial charge is 0.231 e. The summed E-state index contributed by atoms with van der Waals surface area (Å²) in [6, 6.07) is 12.0. The number of ether oxygens (including phenoxy) is 3. The Morgan fingerprint density at radius 1 is 1.00 bits per heavy atom. The van der Waals surface area contributed by atoms with Crippen LogP contribution in [0, 0.1) is 0 Å². The first kappa shape index (κ1) is 14.7. The van der Waals surface area contributed by atoms with Crippen LogP contribution in [0.5, 0.6) is 17.2 Å². The lowest BCUT2D eigenvalue weighted by Crippen LogP contribution is -2.19. The number of nitrogens with two attached hydrogens (primary N) is 1. The summed E-state index contributed by atoms with van der Waals surface area (Å²) in [4.78, 5) is 0. The molecule has 4 N–H and O–H groups in total. The summed E-state index contributed by atoms with van der Waals surface area (Å²) in [6.45, 7) is 3.63.